The molecule has 1 nitrogen and oxygen atoms in total. The standard InChI is InChI=1S/C34H37NSSi2/c1-9-34(10-2)29-21-24(17-19-37(3,4)5)11-14-27(29)28-15-13-26(23-30(28)34)33-35-31-16-12-25(22-32(31)36-33)18-20-38(6,7)8/h11-16,21-23H,9-10H2,1-8H3. The molecule has 192 valence electrons. The Balaban J connectivity index is 1.57. The Labute approximate surface area is 234 Å². The lowest BCUT2D eigenvalue weighted by atomic mass is 9.73. The van der Waals surface area contributed by atoms with Gasteiger partial charge in [-0.15, -0.1) is 22.4 Å². The van der Waals surface area contributed by atoms with Crippen LogP contribution in [0.4, 0.5) is 0 Å². The Kier molecular flexibility index (Phi) is 6.81. The van der Waals surface area contributed by atoms with Crippen molar-refractivity contribution in [2.45, 2.75) is 71.4 Å². The molecule has 3 aromatic carbocycles. The van der Waals surface area contributed by atoms with Gasteiger partial charge >= 0.3 is 0 Å². The largest absolute Gasteiger partial charge is 0.236 e. The van der Waals surface area contributed by atoms with E-state index in [4.69, 9.17) is 4.98 Å². The van der Waals surface area contributed by atoms with Gasteiger partial charge < -0.3 is 0 Å². The lowest BCUT2D eigenvalue weighted by Crippen LogP contribution is -2.23. The topological polar surface area (TPSA) is 12.9 Å². The van der Waals surface area contributed by atoms with Crippen molar-refractivity contribution in [2.24, 2.45) is 0 Å². The highest BCUT2D eigenvalue weighted by Gasteiger charge is 2.40. The van der Waals surface area contributed by atoms with Gasteiger partial charge in [0.2, 0.25) is 0 Å². The van der Waals surface area contributed by atoms with E-state index in [-0.39, 0.29) is 5.41 Å². The van der Waals surface area contributed by atoms with E-state index >= 15 is 0 Å². The van der Waals surface area contributed by atoms with Crippen LogP contribution < -0.4 is 0 Å². The summed E-state index contributed by atoms with van der Waals surface area (Å²) in [5.74, 6) is 6.90. The highest BCUT2D eigenvalue weighted by molar-refractivity contribution is 7.21. The number of hydrogen-bond donors (Lipinski definition) is 0. The van der Waals surface area contributed by atoms with Crippen LogP contribution in [0, 0.1) is 22.9 Å². The van der Waals surface area contributed by atoms with Gasteiger partial charge in [-0.3, -0.25) is 0 Å². The van der Waals surface area contributed by atoms with Crippen LogP contribution in [0.25, 0.3) is 31.9 Å². The third-order valence-electron chi connectivity index (χ3n) is 7.37. The smallest absolute Gasteiger partial charge is 0.129 e. The molecule has 38 heavy (non-hydrogen) atoms. The summed E-state index contributed by atoms with van der Waals surface area (Å²) in [6.45, 7) is 18.4. The van der Waals surface area contributed by atoms with Crippen LogP contribution in [0.3, 0.4) is 0 Å². The SMILES string of the molecule is CCC1(CC)c2cc(C#C[Si](C)(C)C)ccc2-c2ccc(-c3nc4ccc(C#C[Si](C)(C)C)cc4s3)cc21. The zero-order valence-corrected chi connectivity index (χ0v) is 26.8. The van der Waals surface area contributed by atoms with Crippen molar-refractivity contribution in [3.8, 4) is 44.6 Å². The van der Waals surface area contributed by atoms with Gasteiger partial charge in [-0.2, -0.15) is 0 Å². The molecule has 1 aliphatic rings. The highest BCUT2D eigenvalue weighted by Crippen LogP contribution is 2.53. The molecule has 0 aliphatic heterocycles. The van der Waals surface area contributed by atoms with Crippen LogP contribution in [0.15, 0.2) is 54.6 Å². The fourth-order valence-corrected chi connectivity index (χ4v) is 7.40. The number of aromatic nitrogens is 1. The van der Waals surface area contributed by atoms with E-state index in [0.29, 0.717) is 0 Å². The van der Waals surface area contributed by atoms with Crippen molar-refractivity contribution >= 4 is 37.7 Å². The quantitative estimate of drug-likeness (QED) is 0.184. The third-order valence-corrected chi connectivity index (χ3v) is 10.2. The first-order valence-electron chi connectivity index (χ1n) is 13.7. The number of thiazole rings is 1. The first kappa shape index (κ1) is 26.7. The van der Waals surface area contributed by atoms with Crippen molar-refractivity contribution in [1.29, 1.82) is 0 Å². The molecule has 4 heteroatoms. The van der Waals surface area contributed by atoms with Crippen molar-refractivity contribution < 1.29 is 0 Å². The molecule has 1 aromatic heterocycles. The Hall–Kier alpha value is -2.90. The summed E-state index contributed by atoms with van der Waals surface area (Å²) in [5.41, 5.74) is 17.1. The second-order valence-corrected chi connectivity index (χ2v) is 23.0. The van der Waals surface area contributed by atoms with E-state index < -0.39 is 16.1 Å². The van der Waals surface area contributed by atoms with Gasteiger partial charge in [0.1, 0.15) is 21.2 Å². The van der Waals surface area contributed by atoms with Gasteiger partial charge in [-0.1, -0.05) is 83.2 Å². The number of nitrogens with zero attached hydrogens (tertiary/aromatic N) is 1. The molecule has 0 unspecified atom stereocenters. The van der Waals surface area contributed by atoms with Gasteiger partial charge in [0.05, 0.1) is 10.2 Å². The molecule has 0 atom stereocenters. The Morgan fingerprint density at radius 3 is 1.87 bits per heavy atom. The van der Waals surface area contributed by atoms with Gasteiger partial charge in [-0.25, -0.2) is 4.98 Å². The van der Waals surface area contributed by atoms with E-state index in [1.165, 1.54) is 32.5 Å². The van der Waals surface area contributed by atoms with E-state index in [2.05, 4.69) is 131 Å². The van der Waals surface area contributed by atoms with E-state index in [1.54, 1.807) is 11.3 Å². The van der Waals surface area contributed by atoms with Gasteiger partial charge in [0.25, 0.3) is 0 Å². The highest BCUT2D eigenvalue weighted by atomic mass is 32.1. The molecule has 1 heterocycles. The maximum atomic E-state index is 5.03. The minimum Gasteiger partial charge on any atom is -0.236 e. The molecular formula is C34H37NSSi2. The van der Waals surface area contributed by atoms with E-state index in [1.807, 2.05) is 0 Å². The maximum absolute atomic E-state index is 5.03. The zero-order chi connectivity index (χ0) is 27.3. The van der Waals surface area contributed by atoms with Crippen LogP contribution in [-0.4, -0.2) is 21.1 Å². The van der Waals surface area contributed by atoms with Gasteiger partial charge in [0.15, 0.2) is 0 Å². The third kappa shape index (κ3) is 5.06. The van der Waals surface area contributed by atoms with E-state index in [0.717, 1.165) is 34.5 Å². The second kappa shape index (κ2) is 9.69. The number of benzene rings is 3. The Morgan fingerprint density at radius 1 is 0.711 bits per heavy atom. The summed E-state index contributed by atoms with van der Waals surface area (Å²) in [6.07, 6.45) is 2.13. The lowest BCUT2D eigenvalue weighted by molar-refractivity contribution is 0.490. The summed E-state index contributed by atoms with van der Waals surface area (Å²) >= 11 is 1.77. The molecule has 1 aliphatic carbocycles. The van der Waals surface area contributed by atoms with Crippen LogP contribution in [0.5, 0.6) is 0 Å². The zero-order valence-electron chi connectivity index (χ0n) is 24.0. The normalized spacial score (nSPS) is 13.8. The molecule has 0 fully saturated rings. The number of fused-ring (bicyclic) bond motifs is 4. The molecule has 0 spiro atoms. The van der Waals surface area contributed by atoms with Crippen LogP contribution in [-0.2, 0) is 5.41 Å². The maximum Gasteiger partial charge on any atom is 0.129 e. The van der Waals surface area contributed by atoms with E-state index in [9.17, 15) is 0 Å². The first-order chi connectivity index (χ1) is 17.9. The molecule has 0 N–H and O–H groups in total. The monoisotopic (exact) mass is 547 g/mol. The molecular weight excluding hydrogens is 511 g/mol. The van der Waals surface area contributed by atoms with Crippen molar-refractivity contribution in [1.82, 2.24) is 4.98 Å². The summed E-state index contributed by atoms with van der Waals surface area (Å²) in [4.78, 5) is 5.03. The fourth-order valence-electron chi connectivity index (χ4n) is 5.36. The van der Waals surface area contributed by atoms with Gasteiger partial charge in [-0.05, 0) is 71.5 Å². The summed E-state index contributed by atoms with van der Waals surface area (Å²) in [7, 11) is -2.84. The molecule has 5 rings (SSSR count). The Morgan fingerprint density at radius 2 is 1.26 bits per heavy atom. The average molecular weight is 548 g/mol. The number of rotatable bonds is 3. The lowest BCUT2D eigenvalue weighted by Gasteiger charge is -2.30. The van der Waals surface area contributed by atoms with Crippen LogP contribution in [0.1, 0.15) is 48.9 Å². The molecule has 4 aromatic rings. The minimum absolute atomic E-state index is 0.00775. The first-order valence-corrected chi connectivity index (χ1v) is 21.5. The summed E-state index contributed by atoms with van der Waals surface area (Å²) < 4.78 is 1.20. The van der Waals surface area contributed by atoms with Crippen molar-refractivity contribution in [3.05, 3.63) is 76.9 Å². The molecule has 0 amide bonds. The summed E-state index contributed by atoms with van der Waals surface area (Å²) in [6, 6.07) is 20.3. The molecule has 0 saturated carbocycles. The van der Waals surface area contributed by atoms with Crippen LogP contribution in [0.2, 0.25) is 39.3 Å². The predicted octanol–water partition coefficient (Wildman–Crippen LogP) is 9.51. The van der Waals surface area contributed by atoms with Crippen molar-refractivity contribution in [2.75, 3.05) is 0 Å². The molecule has 0 radical (unpaired) electrons. The molecule has 0 saturated heterocycles. The molecule has 0 bridgehead atoms. The van der Waals surface area contributed by atoms with Crippen molar-refractivity contribution in [3.63, 3.8) is 0 Å². The summed E-state index contributed by atoms with van der Waals surface area (Å²) in [5, 5.41) is 1.08. The number of hydrogen-bond acceptors (Lipinski definition) is 2. The van der Waals surface area contributed by atoms with Crippen LogP contribution >= 0.6 is 11.3 Å². The average Bonchev–Trinajstić information content (AvgIpc) is 3.41. The predicted molar refractivity (Wildman–Crippen MR) is 172 cm³/mol. The second-order valence-electron chi connectivity index (χ2n) is 12.5. The minimum atomic E-state index is -1.43. The Bertz CT molecular complexity index is 1670. The van der Waals surface area contributed by atoms with Gasteiger partial charge in [0, 0.05) is 22.1 Å². The fraction of sp³-hybridized carbons (Fsp3) is 0.324.